The van der Waals surface area contributed by atoms with E-state index in [0.29, 0.717) is 17.1 Å². The number of hydrogen-bond donors (Lipinski definition) is 2. The molecule has 7 nitrogen and oxygen atoms in total. The van der Waals surface area contributed by atoms with Crippen molar-refractivity contribution in [3.05, 3.63) is 66.1 Å². The summed E-state index contributed by atoms with van der Waals surface area (Å²) in [7, 11) is 0. The number of carboxylic acid groups (broad SMARTS) is 1. The lowest BCUT2D eigenvalue weighted by Crippen LogP contribution is -2.30. The monoisotopic (exact) mass is 338 g/mol. The van der Waals surface area contributed by atoms with Crippen molar-refractivity contribution in [1.29, 1.82) is 0 Å². The zero-order valence-electron chi connectivity index (χ0n) is 13.1. The van der Waals surface area contributed by atoms with Gasteiger partial charge < -0.3 is 14.8 Å². The molecule has 1 aromatic carbocycles. The van der Waals surface area contributed by atoms with Crippen molar-refractivity contribution < 1.29 is 23.9 Å². The lowest BCUT2D eigenvalue weighted by Gasteiger charge is -2.06. The van der Waals surface area contributed by atoms with Gasteiger partial charge in [-0.2, -0.15) is 0 Å². The van der Waals surface area contributed by atoms with E-state index in [1.165, 1.54) is 24.3 Å². The predicted molar refractivity (Wildman–Crippen MR) is 89.5 cm³/mol. The van der Waals surface area contributed by atoms with Crippen LogP contribution in [-0.2, 0) is 4.79 Å². The maximum atomic E-state index is 12.1. The molecule has 0 spiro atoms. The van der Waals surface area contributed by atoms with Gasteiger partial charge in [0, 0.05) is 18.2 Å². The van der Waals surface area contributed by atoms with Crippen LogP contribution in [0.5, 0.6) is 0 Å². The molecule has 0 aliphatic carbocycles. The molecule has 2 heterocycles. The highest BCUT2D eigenvalue weighted by molar-refractivity contribution is 6.13. The van der Waals surface area contributed by atoms with Crippen LogP contribution in [0.4, 0.5) is 4.79 Å². The maximum Gasteiger partial charge on any atom is 0.335 e. The molecule has 0 saturated carbocycles. The van der Waals surface area contributed by atoms with Crippen LogP contribution < -0.4 is 5.32 Å². The third-order valence-corrected chi connectivity index (χ3v) is 3.58. The second kappa shape index (κ2) is 6.48. The van der Waals surface area contributed by atoms with Crippen LogP contribution in [0.1, 0.15) is 16.1 Å². The van der Waals surface area contributed by atoms with Gasteiger partial charge in [0.15, 0.2) is 0 Å². The number of nitrogens with one attached hydrogen (secondary N) is 1. The van der Waals surface area contributed by atoms with E-state index in [0.717, 1.165) is 4.90 Å². The quantitative estimate of drug-likeness (QED) is 0.496. The van der Waals surface area contributed by atoms with Crippen molar-refractivity contribution in [3.8, 4) is 11.3 Å². The summed E-state index contributed by atoms with van der Waals surface area (Å²) in [5.74, 6) is -0.678. The molecule has 1 aliphatic rings. The molecule has 1 fully saturated rings. The predicted octanol–water partition coefficient (Wildman–Crippen LogP) is 2.72. The molecule has 2 aromatic rings. The SMILES string of the molecule is C=CCN1C(=O)N/C(=C\c2ccc(-c3cccc(C(=O)O)c3)o2)C1=O. The summed E-state index contributed by atoms with van der Waals surface area (Å²) in [6, 6.07) is 9.09. The van der Waals surface area contributed by atoms with Gasteiger partial charge in [-0.25, -0.2) is 9.59 Å². The molecule has 3 amide bonds. The Bertz CT molecular complexity index is 910. The van der Waals surface area contributed by atoms with E-state index >= 15 is 0 Å². The Hall–Kier alpha value is -3.61. The molecule has 2 N–H and O–H groups in total. The van der Waals surface area contributed by atoms with E-state index < -0.39 is 17.9 Å². The van der Waals surface area contributed by atoms with Crippen LogP contribution in [0.25, 0.3) is 17.4 Å². The number of imide groups is 1. The fraction of sp³-hybridized carbons (Fsp3) is 0.0556. The summed E-state index contributed by atoms with van der Waals surface area (Å²) in [5, 5.41) is 11.5. The van der Waals surface area contributed by atoms with Gasteiger partial charge in [-0.15, -0.1) is 6.58 Å². The van der Waals surface area contributed by atoms with Gasteiger partial charge in [0.25, 0.3) is 5.91 Å². The molecular weight excluding hydrogens is 324 g/mol. The molecule has 1 aliphatic heterocycles. The van der Waals surface area contributed by atoms with E-state index in [-0.39, 0.29) is 17.8 Å². The summed E-state index contributed by atoms with van der Waals surface area (Å²) in [6.07, 6.45) is 2.88. The van der Waals surface area contributed by atoms with Crippen LogP contribution >= 0.6 is 0 Å². The van der Waals surface area contributed by atoms with Crippen molar-refractivity contribution in [2.75, 3.05) is 6.54 Å². The third kappa shape index (κ3) is 3.20. The molecule has 25 heavy (non-hydrogen) atoms. The number of hydrogen-bond acceptors (Lipinski definition) is 4. The zero-order valence-corrected chi connectivity index (χ0v) is 13.1. The van der Waals surface area contributed by atoms with Crippen LogP contribution in [0.15, 0.2) is 59.2 Å². The van der Waals surface area contributed by atoms with E-state index in [9.17, 15) is 14.4 Å². The maximum absolute atomic E-state index is 12.1. The van der Waals surface area contributed by atoms with Crippen LogP contribution in [0.2, 0.25) is 0 Å². The number of aromatic carboxylic acids is 1. The van der Waals surface area contributed by atoms with Crippen molar-refractivity contribution in [3.63, 3.8) is 0 Å². The highest BCUT2D eigenvalue weighted by atomic mass is 16.4. The molecule has 0 atom stereocenters. The molecule has 1 aromatic heterocycles. The number of carboxylic acids is 1. The molecule has 1 saturated heterocycles. The Morgan fingerprint density at radius 2 is 2.08 bits per heavy atom. The Kier molecular flexibility index (Phi) is 4.21. The topological polar surface area (TPSA) is 99.8 Å². The fourth-order valence-corrected chi connectivity index (χ4v) is 2.40. The number of urea groups is 1. The Balaban J connectivity index is 1.86. The highest BCUT2D eigenvalue weighted by Gasteiger charge is 2.32. The number of furan rings is 1. The fourth-order valence-electron chi connectivity index (χ4n) is 2.40. The summed E-state index contributed by atoms with van der Waals surface area (Å²) in [6.45, 7) is 3.62. The third-order valence-electron chi connectivity index (χ3n) is 3.58. The molecule has 3 rings (SSSR count). The van der Waals surface area contributed by atoms with Gasteiger partial charge in [0.05, 0.1) is 5.56 Å². The Morgan fingerprint density at radius 1 is 1.28 bits per heavy atom. The molecule has 7 heteroatoms. The number of benzene rings is 1. The molecule has 0 radical (unpaired) electrons. The van der Waals surface area contributed by atoms with Crippen LogP contribution in [0, 0.1) is 0 Å². The van der Waals surface area contributed by atoms with Gasteiger partial charge in [-0.3, -0.25) is 9.69 Å². The first kappa shape index (κ1) is 16.3. The van der Waals surface area contributed by atoms with Gasteiger partial charge in [-0.05, 0) is 24.3 Å². The molecule has 0 bridgehead atoms. The summed E-state index contributed by atoms with van der Waals surface area (Å²) >= 11 is 0. The average Bonchev–Trinajstić information content (AvgIpc) is 3.16. The molecular formula is C18H14N2O5. The second-order valence-electron chi connectivity index (χ2n) is 5.28. The van der Waals surface area contributed by atoms with Gasteiger partial charge in [0.1, 0.15) is 17.2 Å². The number of carbonyl (C=O) groups is 3. The molecule has 0 unspecified atom stereocenters. The first-order valence-corrected chi connectivity index (χ1v) is 7.38. The van der Waals surface area contributed by atoms with E-state index in [4.69, 9.17) is 9.52 Å². The smallest absolute Gasteiger partial charge is 0.335 e. The van der Waals surface area contributed by atoms with E-state index in [1.54, 1.807) is 24.3 Å². The largest absolute Gasteiger partial charge is 0.478 e. The minimum atomic E-state index is -1.03. The van der Waals surface area contributed by atoms with Crippen molar-refractivity contribution in [2.45, 2.75) is 0 Å². The Labute approximate surface area is 142 Å². The van der Waals surface area contributed by atoms with Crippen molar-refractivity contribution in [2.24, 2.45) is 0 Å². The van der Waals surface area contributed by atoms with E-state index in [1.807, 2.05) is 0 Å². The lowest BCUT2D eigenvalue weighted by atomic mass is 10.1. The normalized spacial score (nSPS) is 15.5. The van der Waals surface area contributed by atoms with Gasteiger partial charge in [-0.1, -0.05) is 18.2 Å². The van der Waals surface area contributed by atoms with Gasteiger partial charge in [0.2, 0.25) is 0 Å². The minimum absolute atomic E-state index is 0.104. The summed E-state index contributed by atoms with van der Waals surface area (Å²) in [4.78, 5) is 35.9. The number of nitrogens with zero attached hydrogens (tertiary/aromatic N) is 1. The first-order valence-electron chi connectivity index (χ1n) is 7.38. The Morgan fingerprint density at radius 3 is 2.80 bits per heavy atom. The van der Waals surface area contributed by atoms with Crippen LogP contribution in [-0.4, -0.2) is 34.5 Å². The summed E-state index contributed by atoms with van der Waals surface area (Å²) in [5.41, 5.74) is 0.846. The van der Waals surface area contributed by atoms with Crippen molar-refractivity contribution in [1.82, 2.24) is 10.2 Å². The number of carbonyl (C=O) groups excluding carboxylic acids is 2. The minimum Gasteiger partial charge on any atom is -0.478 e. The number of rotatable bonds is 5. The van der Waals surface area contributed by atoms with E-state index in [2.05, 4.69) is 11.9 Å². The zero-order chi connectivity index (χ0) is 18.0. The highest BCUT2D eigenvalue weighted by Crippen LogP contribution is 2.25. The molecule has 126 valence electrons. The average molecular weight is 338 g/mol. The standard InChI is InChI=1S/C18H14N2O5/c1-2-8-20-16(21)14(19-18(20)24)10-13-6-7-15(25-13)11-4-3-5-12(9-11)17(22)23/h2-7,9-10H,1,8H2,(H,19,24)(H,22,23)/b14-10-. The number of amides is 3. The van der Waals surface area contributed by atoms with Gasteiger partial charge >= 0.3 is 12.0 Å². The summed E-state index contributed by atoms with van der Waals surface area (Å²) < 4.78 is 5.63. The second-order valence-corrected chi connectivity index (χ2v) is 5.28. The first-order chi connectivity index (χ1) is 12.0. The van der Waals surface area contributed by atoms with Crippen LogP contribution in [0.3, 0.4) is 0 Å². The van der Waals surface area contributed by atoms with Crippen molar-refractivity contribution >= 4 is 24.0 Å². The lowest BCUT2D eigenvalue weighted by molar-refractivity contribution is -0.122.